The lowest BCUT2D eigenvalue weighted by molar-refractivity contribution is -0.138. The average molecular weight is 324 g/mol. The minimum atomic E-state index is -0.740. The molecule has 2 heterocycles. The van der Waals surface area contributed by atoms with E-state index in [1.807, 2.05) is 4.90 Å². The molecule has 0 spiro atoms. The number of aromatic nitrogens is 1. The Bertz CT molecular complexity index is 473. The third kappa shape index (κ3) is 5.69. The van der Waals surface area contributed by atoms with Crippen LogP contribution in [0.1, 0.15) is 67.4 Å². The average Bonchev–Trinajstić information content (AvgIpc) is 2.87. The summed E-state index contributed by atoms with van der Waals surface area (Å²) in [6, 6.07) is 0. The molecule has 1 N–H and O–H groups in total. The molecule has 1 aromatic rings. The Morgan fingerprint density at radius 3 is 2.68 bits per heavy atom. The molecule has 0 saturated carbocycles. The summed E-state index contributed by atoms with van der Waals surface area (Å²) in [6.45, 7) is 3.97. The van der Waals surface area contributed by atoms with Crippen molar-refractivity contribution in [3.63, 3.8) is 0 Å². The van der Waals surface area contributed by atoms with Gasteiger partial charge in [0, 0.05) is 24.4 Å². The molecule has 0 fully saturated rings. The smallest absolute Gasteiger partial charge is 0.317 e. The van der Waals surface area contributed by atoms with E-state index in [0.717, 1.165) is 25.9 Å². The second-order valence-electron chi connectivity index (χ2n) is 6.20. The van der Waals surface area contributed by atoms with Crippen LogP contribution in [0.15, 0.2) is 0 Å². The molecule has 1 aliphatic heterocycles. The Morgan fingerprint density at radius 1 is 1.23 bits per heavy atom. The molecule has 0 aliphatic carbocycles. The van der Waals surface area contributed by atoms with Gasteiger partial charge in [-0.3, -0.25) is 9.69 Å². The number of hydrogen-bond donors (Lipinski definition) is 1. The fraction of sp³-hybridized carbons (Fsp3) is 0.765. The normalized spacial score (nSPS) is 15.0. The standard InChI is InChI=1S/C17H28N2O2S/c1-2-3-4-5-6-7-8-9-16-18-14-10-11-19(13-17(20)21)12-15(14)22-16/h2-13H2,1H3,(H,20,21). The number of carboxylic acids is 1. The minimum Gasteiger partial charge on any atom is -0.480 e. The molecule has 0 atom stereocenters. The van der Waals surface area contributed by atoms with Gasteiger partial charge < -0.3 is 5.11 Å². The second kappa shape index (κ2) is 9.26. The number of carbonyl (C=O) groups is 1. The van der Waals surface area contributed by atoms with Gasteiger partial charge in [-0.1, -0.05) is 45.4 Å². The highest BCUT2D eigenvalue weighted by Crippen LogP contribution is 2.26. The molecule has 2 rings (SSSR count). The summed E-state index contributed by atoms with van der Waals surface area (Å²) >= 11 is 1.79. The number of aryl methyl sites for hydroxylation is 1. The van der Waals surface area contributed by atoms with E-state index in [1.165, 1.54) is 60.5 Å². The predicted molar refractivity (Wildman–Crippen MR) is 90.4 cm³/mol. The van der Waals surface area contributed by atoms with E-state index < -0.39 is 5.97 Å². The molecule has 0 amide bonds. The van der Waals surface area contributed by atoms with E-state index in [0.29, 0.717) is 0 Å². The zero-order chi connectivity index (χ0) is 15.8. The minimum absolute atomic E-state index is 0.143. The summed E-state index contributed by atoms with van der Waals surface area (Å²) in [7, 11) is 0. The number of fused-ring (bicyclic) bond motifs is 1. The largest absolute Gasteiger partial charge is 0.480 e. The molecular formula is C17H28N2O2S. The molecule has 5 heteroatoms. The van der Waals surface area contributed by atoms with Crippen LogP contribution in [-0.2, 0) is 24.2 Å². The number of hydrogen-bond acceptors (Lipinski definition) is 4. The first kappa shape index (κ1) is 17.4. The summed E-state index contributed by atoms with van der Waals surface area (Å²) in [4.78, 5) is 18.8. The van der Waals surface area contributed by atoms with E-state index >= 15 is 0 Å². The Hall–Kier alpha value is -0.940. The van der Waals surface area contributed by atoms with Crippen LogP contribution < -0.4 is 0 Å². The van der Waals surface area contributed by atoms with Crippen LogP contribution in [0.4, 0.5) is 0 Å². The first-order chi connectivity index (χ1) is 10.7. The van der Waals surface area contributed by atoms with Crippen molar-refractivity contribution in [2.45, 2.75) is 71.3 Å². The molecule has 0 bridgehead atoms. The van der Waals surface area contributed by atoms with Gasteiger partial charge in [-0.25, -0.2) is 4.98 Å². The first-order valence-corrected chi connectivity index (χ1v) is 9.42. The van der Waals surface area contributed by atoms with Gasteiger partial charge in [0.2, 0.25) is 0 Å². The van der Waals surface area contributed by atoms with E-state index in [2.05, 4.69) is 6.92 Å². The van der Waals surface area contributed by atoms with Crippen molar-refractivity contribution < 1.29 is 9.90 Å². The summed E-state index contributed by atoms with van der Waals surface area (Å²) in [5.41, 5.74) is 1.21. The van der Waals surface area contributed by atoms with E-state index in [1.54, 1.807) is 11.3 Å². The lowest BCUT2D eigenvalue weighted by atomic mass is 10.1. The highest BCUT2D eigenvalue weighted by atomic mass is 32.1. The maximum absolute atomic E-state index is 10.8. The summed E-state index contributed by atoms with van der Waals surface area (Å²) in [5, 5.41) is 10.1. The van der Waals surface area contributed by atoms with Crippen LogP contribution in [0.25, 0.3) is 0 Å². The van der Waals surface area contributed by atoms with E-state index in [-0.39, 0.29) is 6.54 Å². The molecule has 1 aliphatic rings. The first-order valence-electron chi connectivity index (χ1n) is 8.60. The second-order valence-corrected chi connectivity index (χ2v) is 7.37. The van der Waals surface area contributed by atoms with Gasteiger partial charge in [-0.05, 0) is 12.8 Å². The van der Waals surface area contributed by atoms with Crippen LogP contribution in [0.3, 0.4) is 0 Å². The Morgan fingerprint density at radius 2 is 1.95 bits per heavy atom. The summed E-state index contributed by atoms with van der Waals surface area (Å²) in [6.07, 6.45) is 11.3. The van der Waals surface area contributed by atoms with Gasteiger partial charge in [-0.2, -0.15) is 0 Å². The van der Waals surface area contributed by atoms with Gasteiger partial charge in [0.05, 0.1) is 17.2 Å². The fourth-order valence-corrected chi connectivity index (χ4v) is 4.17. The quantitative estimate of drug-likeness (QED) is 0.664. The maximum atomic E-state index is 10.8. The number of rotatable bonds is 10. The highest BCUT2D eigenvalue weighted by Gasteiger charge is 2.21. The maximum Gasteiger partial charge on any atom is 0.317 e. The van der Waals surface area contributed by atoms with Crippen molar-refractivity contribution in [2.75, 3.05) is 13.1 Å². The number of aliphatic carboxylic acids is 1. The fourth-order valence-electron chi connectivity index (χ4n) is 2.97. The van der Waals surface area contributed by atoms with Crippen molar-refractivity contribution in [2.24, 2.45) is 0 Å². The van der Waals surface area contributed by atoms with Crippen molar-refractivity contribution in [3.05, 3.63) is 15.6 Å². The number of thiazole rings is 1. The van der Waals surface area contributed by atoms with Crippen LogP contribution in [-0.4, -0.2) is 34.0 Å². The van der Waals surface area contributed by atoms with Gasteiger partial charge in [-0.15, -0.1) is 11.3 Å². The Labute approximate surface area is 137 Å². The lowest BCUT2D eigenvalue weighted by Crippen LogP contribution is -2.34. The van der Waals surface area contributed by atoms with Gasteiger partial charge >= 0.3 is 5.97 Å². The zero-order valence-corrected chi connectivity index (χ0v) is 14.5. The van der Waals surface area contributed by atoms with Crippen LogP contribution in [0.2, 0.25) is 0 Å². The molecule has 124 valence electrons. The summed E-state index contributed by atoms with van der Waals surface area (Å²) < 4.78 is 0. The zero-order valence-electron chi connectivity index (χ0n) is 13.6. The van der Waals surface area contributed by atoms with Gasteiger partial charge in [0.25, 0.3) is 0 Å². The third-order valence-corrected chi connectivity index (χ3v) is 5.35. The monoisotopic (exact) mass is 324 g/mol. The van der Waals surface area contributed by atoms with Gasteiger partial charge in [0.1, 0.15) is 0 Å². The van der Waals surface area contributed by atoms with Crippen molar-refractivity contribution >= 4 is 17.3 Å². The molecule has 4 nitrogen and oxygen atoms in total. The van der Waals surface area contributed by atoms with Gasteiger partial charge in [0.15, 0.2) is 0 Å². The highest BCUT2D eigenvalue weighted by molar-refractivity contribution is 7.11. The summed E-state index contributed by atoms with van der Waals surface area (Å²) in [5.74, 6) is -0.740. The van der Waals surface area contributed by atoms with Crippen LogP contribution in [0, 0.1) is 0 Å². The van der Waals surface area contributed by atoms with Crippen molar-refractivity contribution in [3.8, 4) is 0 Å². The number of nitrogens with zero attached hydrogens (tertiary/aromatic N) is 2. The van der Waals surface area contributed by atoms with Crippen molar-refractivity contribution in [1.82, 2.24) is 9.88 Å². The SMILES string of the molecule is CCCCCCCCCc1nc2c(s1)CN(CC(=O)O)CC2. The third-order valence-electron chi connectivity index (χ3n) is 4.21. The Balaban J connectivity index is 1.69. The molecule has 0 radical (unpaired) electrons. The Kier molecular flexibility index (Phi) is 7.33. The topological polar surface area (TPSA) is 53.4 Å². The van der Waals surface area contributed by atoms with E-state index in [9.17, 15) is 4.79 Å². The predicted octanol–water partition coefficient (Wildman–Crippen LogP) is 3.88. The van der Waals surface area contributed by atoms with Crippen LogP contribution >= 0.6 is 11.3 Å². The number of unbranched alkanes of at least 4 members (excludes halogenated alkanes) is 6. The van der Waals surface area contributed by atoms with Crippen molar-refractivity contribution in [1.29, 1.82) is 0 Å². The van der Waals surface area contributed by atoms with Crippen LogP contribution in [0.5, 0.6) is 0 Å². The lowest BCUT2D eigenvalue weighted by Gasteiger charge is -2.23. The molecule has 1 aromatic heterocycles. The molecule has 0 unspecified atom stereocenters. The number of carboxylic acid groups (broad SMARTS) is 1. The van der Waals surface area contributed by atoms with E-state index in [4.69, 9.17) is 10.1 Å². The molecular weight excluding hydrogens is 296 g/mol. The molecule has 0 saturated heterocycles. The molecule has 0 aromatic carbocycles. The molecule has 22 heavy (non-hydrogen) atoms.